The first kappa shape index (κ1) is 20.4. The molecule has 1 amide bonds. The largest absolute Gasteiger partial charge is 0.352 e. The third-order valence-electron chi connectivity index (χ3n) is 6.46. The maximum Gasteiger partial charge on any atom is 0.253 e. The van der Waals surface area contributed by atoms with Gasteiger partial charge < -0.3 is 9.80 Å². The molecule has 1 aromatic carbocycles. The number of fused-ring (bicyclic) bond motifs is 3. The zero-order valence-corrected chi connectivity index (χ0v) is 19.1. The maximum absolute atomic E-state index is 12.8. The van der Waals surface area contributed by atoms with Crippen LogP contribution in [0.3, 0.4) is 0 Å². The summed E-state index contributed by atoms with van der Waals surface area (Å²) in [6.07, 6.45) is 1.90. The summed E-state index contributed by atoms with van der Waals surface area (Å²) in [6, 6.07) is 9.59. The number of carbonyl (C=O) groups is 1. The van der Waals surface area contributed by atoms with Gasteiger partial charge in [-0.1, -0.05) is 32.0 Å². The highest BCUT2D eigenvalue weighted by Crippen LogP contribution is 2.39. The van der Waals surface area contributed by atoms with E-state index in [4.69, 9.17) is 9.97 Å². The first-order valence-corrected chi connectivity index (χ1v) is 12.1. The second kappa shape index (κ2) is 8.55. The Labute approximate surface area is 187 Å². The normalized spacial score (nSPS) is 17.2. The lowest BCUT2D eigenvalue weighted by Gasteiger charge is -2.36. The minimum absolute atomic E-state index is 0.120. The highest BCUT2D eigenvalue weighted by molar-refractivity contribution is 7.19. The Bertz CT molecular complexity index is 1090. The number of thiophene rings is 1. The van der Waals surface area contributed by atoms with Crippen LogP contribution in [-0.2, 0) is 19.4 Å². The standard InChI is InChI=1S/C24H29N5OS/c1-3-20-25-22(21-18-10-11-27(4-2)16-19(18)31-23(21)26-20)28-12-14-29(15-13-28)24(30)17-8-6-5-7-9-17/h5-9H,3-4,10-16H2,1-2H3. The van der Waals surface area contributed by atoms with Crippen LogP contribution in [0.25, 0.3) is 10.2 Å². The van der Waals surface area contributed by atoms with Crippen molar-refractivity contribution in [3.05, 3.63) is 52.2 Å². The number of hydrogen-bond acceptors (Lipinski definition) is 6. The van der Waals surface area contributed by atoms with Gasteiger partial charge in [-0.05, 0) is 30.7 Å². The molecule has 0 saturated carbocycles. The number of rotatable bonds is 4. The fraction of sp³-hybridized carbons (Fsp3) is 0.458. The zero-order chi connectivity index (χ0) is 21.4. The van der Waals surface area contributed by atoms with Crippen molar-refractivity contribution >= 4 is 33.3 Å². The van der Waals surface area contributed by atoms with Crippen LogP contribution in [0.1, 0.15) is 40.5 Å². The molecule has 1 saturated heterocycles. The summed E-state index contributed by atoms with van der Waals surface area (Å²) >= 11 is 1.85. The van der Waals surface area contributed by atoms with E-state index < -0.39 is 0 Å². The average molecular weight is 436 g/mol. The number of likely N-dealkylation sites (N-methyl/N-ethyl adjacent to an activating group) is 1. The molecule has 6 nitrogen and oxygen atoms in total. The van der Waals surface area contributed by atoms with E-state index in [9.17, 15) is 4.79 Å². The fourth-order valence-corrected chi connectivity index (χ4v) is 5.89. The van der Waals surface area contributed by atoms with Gasteiger partial charge in [0.2, 0.25) is 0 Å². The van der Waals surface area contributed by atoms with E-state index in [0.717, 1.165) is 80.7 Å². The number of amides is 1. The number of benzene rings is 1. The number of aryl methyl sites for hydroxylation is 1. The Balaban J connectivity index is 1.43. The SMILES string of the molecule is CCc1nc(N2CCN(C(=O)c3ccccc3)CC2)c2c3c(sc2n1)CN(CC)CC3. The predicted octanol–water partition coefficient (Wildman–Crippen LogP) is 3.59. The molecule has 0 unspecified atom stereocenters. The van der Waals surface area contributed by atoms with Crippen LogP contribution in [0.2, 0.25) is 0 Å². The van der Waals surface area contributed by atoms with E-state index in [1.165, 1.54) is 15.8 Å². The first-order valence-electron chi connectivity index (χ1n) is 11.3. The van der Waals surface area contributed by atoms with Crippen molar-refractivity contribution in [3.63, 3.8) is 0 Å². The summed E-state index contributed by atoms with van der Waals surface area (Å²) in [7, 11) is 0. The second-order valence-corrected chi connectivity index (χ2v) is 9.35. The highest BCUT2D eigenvalue weighted by atomic mass is 32.1. The number of carbonyl (C=O) groups excluding carboxylic acids is 1. The van der Waals surface area contributed by atoms with Gasteiger partial charge in [0.05, 0.1) is 5.39 Å². The van der Waals surface area contributed by atoms with E-state index in [1.54, 1.807) is 0 Å². The molecule has 0 aliphatic carbocycles. The van der Waals surface area contributed by atoms with Gasteiger partial charge >= 0.3 is 0 Å². The predicted molar refractivity (Wildman–Crippen MR) is 126 cm³/mol. The third kappa shape index (κ3) is 3.81. The summed E-state index contributed by atoms with van der Waals surface area (Å²) in [6.45, 7) is 10.6. The average Bonchev–Trinajstić information content (AvgIpc) is 3.21. The van der Waals surface area contributed by atoms with Gasteiger partial charge in [-0.3, -0.25) is 9.69 Å². The Morgan fingerprint density at radius 2 is 1.81 bits per heavy atom. The summed E-state index contributed by atoms with van der Waals surface area (Å²) in [5.74, 6) is 2.11. The molecule has 5 rings (SSSR count). The van der Waals surface area contributed by atoms with Gasteiger partial charge in [-0.25, -0.2) is 9.97 Å². The number of piperazine rings is 1. The fourth-order valence-electron chi connectivity index (χ4n) is 4.61. The van der Waals surface area contributed by atoms with Crippen LogP contribution in [0.15, 0.2) is 30.3 Å². The number of anilines is 1. The van der Waals surface area contributed by atoms with Crippen LogP contribution in [0, 0.1) is 0 Å². The summed E-state index contributed by atoms with van der Waals surface area (Å²) in [5, 5.41) is 1.26. The van der Waals surface area contributed by atoms with Crippen LogP contribution >= 0.6 is 11.3 Å². The highest BCUT2D eigenvalue weighted by Gasteiger charge is 2.28. The lowest BCUT2D eigenvalue weighted by molar-refractivity contribution is 0.0746. The van der Waals surface area contributed by atoms with Crippen molar-refractivity contribution in [2.24, 2.45) is 0 Å². The van der Waals surface area contributed by atoms with E-state index in [2.05, 4.69) is 23.6 Å². The Morgan fingerprint density at radius 1 is 1.03 bits per heavy atom. The van der Waals surface area contributed by atoms with Crippen molar-refractivity contribution in [1.82, 2.24) is 19.8 Å². The zero-order valence-electron chi connectivity index (χ0n) is 18.3. The summed E-state index contributed by atoms with van der Waals surface area (Å²) < 4.78 is 0. The second-order valence-electron chi connectivity index (χ2n) is 8.26. The molecule has 0 N–H and O–H groups in total. The van der Waals surface area contributed by atoms with Gasteiger partial charge in [-0.2, -0.15) is 0 Å². The van der Waals surface area contributed by atoms with E-state index >= 15 is 0 Å². The molecule has 0 spiro atoms. The number of hydrogen-bond donors (Lipinski definition) is 0. The van der Waals surface area contributed by atoms with Gasteiger partial charge in [0, 0.05) is 56.1 Å². The summed E-state index contributed by atoms with van der Waals surface area (Å²) in [5.41, 5.74) is 2.21. The van der Waals surface area contributed by atoms with Crippen LogP contribution in [-0.4, -0.2) is 64.9 Å². The Kier molecular flexibility index (Phi) is 5.63. The van der Waals surface area contributed by atoms with Crippen LogP contribution in [0.4, 0.5) is 5.82 Å². The van der Waals surface area contributed by atoms with Crippen molar-refractivity contribution in [3.8, 4) is 0 Å². The maximum atomic E-state index is 12.8. The first-order chi connectivity index (χ1) is 15.2. The van der Waals surface area contributed by atoms with Crippen molar-refractivity contribution < 1.29 is 4.79 Å². The van der Waals surface area contributed by atoms with E-state index in [-0.39, 0.29) is 5.91 Å². The molecule has 0 atom stereocenters. The topological polar surface area (TPSA) is 52.6 Å². The lowest BCUT2D eigenvalue weighted by atomic mass is 10.0. The molecule has 0 radical (unpaired) electrons. The molecular formula is C24H29N5OS. The molecule has 31 heavy (non-hydrogen) atoms. The van der Waals surface area contributed by atoms with Gasteiger partial charge in [0.1, 0.15) is 16.5 Å². The smallest absolute Gasteiger partial charge is 0.253 e. The Morgan fingerprint density at radius 3 is 2.52 bits per heavy atom. The lowest BCUT2D eigenvalue weighted by Crippen LogP contribution is -2.49. The van der Waals surface area contributed by atoms with Gasteiger partial charge in [0.15, 0.2) is 0 Å². The minimum Gasteiger partial charge on any atom is -0.352 e. The molecule has 1 fully saturated rings. The Hall–Kier alpha value is -2.51. The minimum atomic E-state index is 0.120. The van der Waals surface area contributed by atoms with Gasteiger partial charge in [0.25, 0.3) is 5.91 Å². The van der Waals surface area contributed by atoms with E-state index in [0.29, 0.717) is 0 Å². The van der Waals surface area contributed by atoms with Crippen molar-refractivity contribution in [1.29, 1.82) is 0 Å². The molecule has 3 aromatic rings. The van der Waals surface area contributed by atoms with Gasteiger partial charge in [-0.15, -0.1) is 11.3 Å². The number of aromatic nitrogens is 2. The number of nitrogens with zero attached hydrogens (tertiary/aromatic N) is 5. The molecule has 162 valence electrons. The molecule has 4 heterocycles. The molecule has 2 aromatic heterocycles. The summed E-state index contributed by atoms with van der Waals surface area (Å²) in [4.78, 5) is 32.1. The molecular weight excluding hydrogens is 406 g/mol. The molecule has 2 aliphatic rings. The molecule has 2 aliphatic heterocycles. The van der Waals surface area contributed by atoms with Crippen LogP contribution in [0.5, 0.6) is 0 Å². The third-order valence-corrected chi connectivity index (χ3v) is 7.57. The van der Waals surface area contributed by atoms with Crippen LogP contribution < -0.4 is 4.90 Å². The van der Waals surface area contributed by atoms with Crippen molar-refractivity contribution in [2.45, 2.75) is 33.2 Å². The molecule has 7 heteroatoms. The molecule has 0 bridgehead atoms. The quantitative estimate of drug-likeness (QED) is 0.627. The van der Waals surface area contributed by atoms with E-state index in [1.807, 2.05) is 46.6 Å². The monoisotopic (exact) mass is 435 g/mol. The van der Waals surface area contributed by atoms with Crippen molar-refractivity contribution in [2.75, 3.05) is 44.2 Å².